The minimum atomic E-state index is 0.221. The van der Waals surface area contributed by atoms with Gasteiger partial charge < -0.3 is 14.7 Å². The second-order valence-corrected chi connectivity index (χ2v) is 7.20. The Morgan fingerprint density at radius 2 is 1.70 bits per heavy atom. The molecule has 2 aliphatic rings. The molecule has 2 fully saturated rings. The zero-order valence-corrected chi connectivity index (χ0v) is 14.6. The molecule has 1 aromatic carbocycles. The Hall–Kier alpha value is -1.26. The van der Waals surface area contributed by atoms with Gasteiger partial charge >= 0.3 is 6.03 Å². The Kier molecular flexibility index (Phi) is 5.44. The Morgan fingerprint density at radius 3 is 2.39 bits per heavy atom. The predicted octanol–water partition coefficient (Wildman–Crippen LogP) is 3.28. The molecule has 0 unspecified atom stereocenters. The van der Waals surface area contributed by atoms with Crippen LogP contribution in [0.3, 0.4) is 0 Å². The first-order valence-electron chi connectivity index (χ1n) is 8.61. The molecule has 1 atom stereocenters. The Labute approximate surface area is 144 Å². The highest BCUT2D eigenvalue weighted by Crippen LogP contribution is 2.28. The van der Waals surface area contributed by atoms with E-state index >= 15 is 0 Å². The zero-order valence-electron chi connectivity index (χ0n) is 13.9. The molecule has 0 radical (unpaired) electrons. The number of piperazine rings is 1. The Morgan fingerprint density at radius 1 is 1.00 bits per heavy atom. The molecule has 4 nitrogen and oxygen atoms in total. The van der Waals surface area contributed by atoms with Gasteiger partial charge in [0.2, 0.25) is 0 Å². The molecular weight excluding hydrogens is 310 g/mol. The number of hydrogen-bond donors (Lipinski definition) is 0. The zero-order chi connectivity index (χ0) is 16.2. The monoisotopic (exact) mass is 335 g/mol. The van der Waals surface area contributed by atoms with Crippen LogP contribution >= 0.6 is 11.6 Å². The molecular formula is C18H26ClN3O. The second kappa shape index (κ2) is 7.54. The van der Waals surface area contributed by atoms with E-state index in [9.17, 15) is 4.79 Å². The van der Waals surface area contributed by atoms with Gasteiger partial charge in [0, 0.05) is 50.2 Å². The molecule has 2 amide bonds. The average molecular weight is 336 g/mol. The van der Waals surface area contributed by atoms with E-state index in [1.54, 1.807) is 0 Å². The number of rotatable bonds is 1. The van der Waals surface area contributed by atoms with E-state index in [0.717, 1.165) is 57.1 Å². The number of likely N-dealkylation sites (tertiary alicyclic amines) is 1. The molecule has 3 rings (SSSR count). The predicted molar refractivity (Wildman–Crippen MR) is 94.1 cm³/mol. The van der Waals surface area contributed by atoms with Gasteiger partial charge in [0.15, 0.2) is 0 Å². The van der Waals surface area contributed by atoms with Crippen molar-refractivity contribution < 1.29 is 4.79 Å². The number of benzene rings is 1. The van der Waals surface area contributed by atoms with Crippen LogP contribution in [0.4, 0.5) is 4.79 Å². The molecule has 23 heavy (non-hydrogen) atoms. The van der Waals surface area contributed by atoms with Crippen molar-refractivity contribution in [3.05, 3.63) is 34.9 Å². The molecule has 0 N–H and O–H groups in total. The van der Waals surface area contributed by atoms with E-state index in [2.05, 4.69) is 29.0 Å². The Balaban J connectivity index is 1.67. The summed E-state index contributed by atoms with van der Waals surface area (Å²) in [4.78, 5) is 19.2. The van der Waals surface area contributed by atoms with Gasteiger partial charge in [-0.3, -0.25) is 0 Å². The van der Waals surface area contributed by atoms with Crippen molar-refractivity contribution in [3.63, 3.8) is 0 Å². The number of amides is 2. The molecule has 1 aromatic rings. The number of nitrogens with zero attached hydrogens (tertiary/aromatic N) is 3. The largest absolute Gasteiger partial charge is 0.324 e. The minimum Gasteiger partial charge on any atom is -0.324 e. The maximum atomic E-state index is 12.9. The van der Waals surface area contributed by atoms with Crippen LogP contribution in [0.2, 0.25) is 5.02 Å². The van der Waals surface area contributed by atoms with Crippen LogP contribution < -0.4 is 0 Å². The molecule has 0 bridgehead atoms. The standard InChI is InChI=1S/C18H26ClN3O/c1-20-10-12-21(13-11-20)18(23)22-9-3-2-4-16(14-22)15-5-7-17(19)8-6-15/h5-8,16H,2-4,9-14H2,1H3/t16-/m1/s1. The fraction of sp³-hybridized carbons (Fsp3) is 0.611. The summed E-state index contributed by atoms with van der Waals surface area (Å²) in [5.74, 6) is 0.422. The summed E-state index contributed by atoms with van der Waals surface area (Å²) in [7, 11) is 2.12. The third-order valence-electron chi connectivity index (χ3n) is 5.06. The Bertz CT molecular complexity index is 526. The van der Waals surface area contributed by atoms with Gasteiger partial charge in [-0.1, -0.05) is 30.2 Å². The SMILES string of the molecule is CN1CCN(C(=O)N2CCCC[C@@H](c3ccc(Cl)cc3)C2)CC1. The summed E-state index contributed by atoms with van der Waals surface area (Å²) in [5.41, 5.74) is 1.30. The van der Waals surface area contributed by atoms with Crippen molar-refractivity contribution in [1.29, 1.82) is 0 Å². The fourth-order valence-corrected chi connectivity index (χ4v) is 3.65. The molecule has 5 heteroatoms. The molecule has 0 spiro atoms. The van der Waals surface area contributed by atoms with Crippen LogP contribution in [0.1, 0.15) is 30.7 Å². The maximum absolute atomic E-state index is 12.9. The third kappa shape index (κ3) is 4.18. The second-order valence-electron chi connectivity index (χ2n) is 6.76. The van der Waals surface area contributed by atoms with E-state index in [1.807, 2.05) is 17.0 Å². The van der Waals surface area contributed by atoms with Gasteiger partial charge in [-0.15, -0.1) is 0 Å². The van der Waals surface area contributed by atoms with Gasteiger partial charge in [0.1, 0.15) is 0 Å². The van der Waals surface area contributed by atoms with Gasteiger partial charge in [0.05, 0.1) is 0 Å². The summed E-state index contributed by atoms with van der Waals surface area (Å²) in [6.45, 7) is 5.34. The van der Waals surface area contributed by atoms with Crippen LogP contribution in [0.25, 0.3) is 0 Å². The van der Waals surface area contributed by atoms with Crippen LogP contribution in [-0.4, -0.2) is 67.0 Å². The number of halogens is 1. The van der Waals surface area contributed by atoms with Gasteiger partial charge in [-0.05, 0) is 37.6 Å². The quantitative estimate of drug-likeness (QED) is 0.787. The van der Waals surface area contributed by atoms with Crippen molar-refractivity contribution in [2.45, 2.75) is 25.2 Å². The first-order chi connectivity index (χ1) is 11.1. The first-order valence-corrected chi connectivity index (χ1v) is 8.99. The topological polar surface area (TPSA) is 26.8 Å². The highest BCUT2D eigenvalue weighted by atomic mass is 35.5. The average Bonchev–Trinajstić information content (AvgIpc) is 2.82. The van der Waals surface area contributed by atoms with Crippen molar-refractivity contribution >= 4 is 17.6 Å². The van der Waals surface area contributed by atoms with Gasteiger partial charge in [-0.2, -0.15) is 0 Å². The first kappa shape index (κ1) is 16.6. The highest BCUT2D eigenvalue weighted by Gasteiger charge is 2.28. The van der Waals surface area contributed by atoms with Crippen LogP contribution in [0.15, 0.2) is 24.3 Å². The number of carbonyl (C=O) groups is 1. The third-order valence-corrected chi connectivity index (χ3v) is 5.31. The molecule has 2 heterocycles. The summed E-state index contributed by atoms with van der Waals surface area (Å²) >= 11 is 6.00. The van der Waals surface area contributed by atoms with Gasteiger partial charge in [-0.25, -0.2) is 4.79 Å². The summed E-state index contributed by atoms with van der Waals surface area (Å²) in [6.07, 6.45) is 3.43. The van der Waals surface area contributed by atoms with E-state index in [-0.39, 0.29) is 6.03 Å². The van der Waals surface area contributed by atoms with Crippen molar-refractivity contribution in [3.8, 4) is 0 Å². The molecule has 0 aliphatic carbocycles. The van der Waals surface area contributed by atoms with E-state index in [0.29, 0.717) is 5.92 Å². The lowest BCUT2D eigenvalue weighted by Gasteiger charge is -2.36. The summed E-state index contributed by atoms with van der Waals surface area (Å²) < 4.78 is 0. The lowest BCUT2D eigenvalue weighted by Crippen LogP contribution is -2.52. The van der Waals surface area contributed by atoms with Gasteiger partial charge in [0.25, 0.3) is 0 Å². The van der Waals surface area contributed by atoms with Crippen molar-refractivity contribution in [2.24, 2.45) is 0 Å². The lowest BCUT2D eigenvalue weighted by molar-refractivity contribution is 0.122. The fourth-order valence-electron chi connectivity index (χ4n) is 3.52. The van der Waals surface area contributed by atoms with Crippen LogP contribution in [-0.2, 0) is 0 Å². The molecule has 126 valence electrons. The van der Waals surface area contributed by atoms with Crippen LogP contribution in [0.5, 0.6) is 0 Å². The van der Waals surface area contributed by atoms with E-state index in [1.165, 1.54) is 12.0 Å². The molecule has 2 aliphatic heterocycles. The highest BCUT2D eigenvalue weighted by molar-refractivity contribution is 6.30. The normalized spacial score (nSPS) is 23.7. The van der Waals surface area contributed by atoms with Crippen molar-refractivity contribution in [2.75, 3.05) is 46.3 Å². The van der Waals surface area contributed by atoms with Crippen molar-refractivity contribution in [1.82, 2.24) is 14.7 Å². The van der Waals surface area contributed by atoms with Crippen LogP contribution in [0, 0.1) is 0 Å². The number of likely N-dealkylation sites (N-methyl/N-ethyl adjacent to an activating group) is 1. The minimum absolute atomic E-state index is 0.221. The molecule has 0 saturated carbocycles. The lowest BCUT2D eigenvalue weighted by atomic mass is 9.94. The number of carbonyl (C=O) groups excluding carboxylic acids is 1. The number of urea groups is 1. The number of hydrogen-bond acceptors (Lipinski definition) is 2. The van der Waals surface area contributed by atoms with E-state index in [4.69, 9.17) is 11.6 Å². The molecule has 0 aromatic heterocycles. The smallest absolute Gasteiger partial charge is 0.320 e. The summed E-state index contributed by atoms with van der Waals surface area (Å²) in [5, 5.41) is 0.771. The maximum Gasteiger partial charge on any atom is 0.320 e. The summed E-state index contributed by atoms with van der Waals surface area (Å²) in [6, 6.07) is 8.34. The molecule has 2 saturated heterocycles. The van der Waals surface area contributed by atoms with E-state index < -0.39 is 0 Å².